The van der Waals surface area contributed by atoms with Crippen molar-refractivity contribution in [2.45, 2.75) is 46.1 Å². The molecule has 0 atom stereocenters. The minimum atomic E-state index is -0.456. The van der Waals surface area contributed by atoms with Gasteiger partial charge in [-0.3, -0.25) is 0 Å². The van der Waals surface area contributed by atoms with Crippen LogP contribution in [-0.2, 0) is 11.3 Å². The molecule has 0 unspecified atom stereocenters. The maximum absolute atomic E-state index is 11.4. The second-order valence-corrected chi connectivity index (χ2v) is 3.51. The van der Waals surface area contributed by atoms with Crippen LogP contribution in [0.1, 0.15) is 50.1 Å². The number of nitrogens with zero attached hydrogens (tertiary/aromatic N) is 4. The molecule has 16 heavy (non-hydrogen) atoms. The Morgan fingerprint density at radius 3 is 2.81 bits per heavy atom. The molecule has 1 rings (SSSR count). The largest absolute Gasteiger partial charge is 0.460 e. The summed E-state index contributed by atoms with van der Waals surface area (Å²) in [5, 5.41) is 10.9. The summed E-state index contributed by atoms with van der Waals surface area (Å²) in [5.41, 5.74) is 0. The third-order valence-corrected chi connectivity index (χ3v) is 2.21. The van der Waals surface area contributed by atoms with Gasteiger partial charge in [-0.25, -0.2) is 9.48 Å². The van der Waals surface area contributed by atoms with Gasteiger partial charge in [-0.15, -0.1) is 5.10 Å². The molecular formula is C10H18N4O2. The molecule has 0 N–H and O–H groups in total. The van der Waals surface area contributed by atoms with E-state index in [0.717, 1.165) is 12.8 Å². The van der Waals surface area contributed by atoms with Gasteiger partial charge in [0.15, 0.2) is 0 Å². The van der Waals surface area contributed by atoms with Crippen LogP contribution in [0.4, 0.5) is 0 Å². The topological polar surface area (TPSA) is 69.9 Å². The third-order valence-electron chi connectivity index (χ3n) is 2.21. The lowest BCUT2D eigenvalue weighted by Gasteiger charge is -2.03. The van der Waals surface area contributed by atoms with Gasteiger partial charge in [-0.1, -0.05) is 26.2 Å². The molecule has 0 saturated heterocycles. The number of esters is 1. The number of ether oxygens (including phenoxy) is 1. The Labute approximate surface area is 95.0 Å². The molecule has 1 aromatic rings. The maximum Gasteiger partial charge on any atom is 0.378 e. The summed E-state index contributed by atoms with van der Waals surface area (Å²) in [5.74, 6) is -0.263. The van der Waals surface area contributed by atoms with E-state index < -0.39 is 5.97 Å². The number of unbranched alkanes of at least 4 members (excludes halogenated alkanes) is 3. The fraction of sp³-hybridized carbons (Fsp3) is 0.800. The Balaban J connectivity index is 2.47. The smallest absolute Gasteiger partial charge is 0.378 e. The summed E-state index contributed by atoms with van der Waals surface area (Å²) in [7, 11) is 0. The zero-order valence-electron chi connectivity index (χ0n) is 9.85. The molecule has 6 nitrogen and oxygen atoms in total. The van der Waals surface area contributed by atoms with E-state index in [0.29, 0.717) is 13.2 Å². The summed E-state index contributed by atoms with van der Waals surface area (Å²) in [6.45, 7) is 4.91. The highest BCUT2D eigenvalue weighted by Crippen LogP contribution is 2.03. The standard InChI is InChI=1S/C10H18N4O2/c1-3-5-6-7-8-14-9(11-12-13-14)10(15)16-4-2/h3-8H2,1-2H3. The van der Waals surface area contributed by atoms with E-state index in [1.165, 1.54) is 17.5 Å². The fourth-order valence-corrected chi connectivity index (χ4v) is 1.39. The van der Waals surface area contributed by atoms with E-state index >= 15 is 0 Å². The number of carbonyl (C=O) groups is 1. The van der Waals surface area contributed by atoms with Crippen LogP contribution in [0.2, 0.25) is 0 Å². The molecule has 0 fully saturated rings. The first-order valence-corrected chi connectivity index (χ1v) is 5.72. The van der Waals surface area contributed by atoms with Gasteiger partial charge in [-0.05, 0) is 23.8 Å². The maximum atomic E-state index is 11.4. The molecule has 0 aliphatic carbocycles. The second kappa shape index (κ2) is 6.92. The van der Waals surface area contributed by atoms with E-state index in [4.69, 9.17) is 4.74 Å². The van der Waals surface area contributed by atoms with Crippen LogP contribution in [0.15, 0.2) is 0 Å². The van der Waals surface area contributed by atoms with Crippen LogP contribution >= 0.6 is 0 Å². The molecule has 0 amide bonds. The van der Waals surface area contributed by atoms with Gasteiger partial charge in [-0.2, -0.15) is 0 Å². The quantitative estimate of drug-likeness (QED) is 0.519. The van der Waals surface area contributed by atoms with E-state index in [9.17, 15) is 4.79 Å². The molecule has 90 valence electrons. The van der Waals surface area contributed by atoms with E-state index in [1.54, 1.807) is 6.92 Å². The van der Waals surface area contributed by atoms with Gasteiger partial charge in [0.2, 0.25) is 0 Å². The molecule has 0 spiro atoms. The molecule has 0 aliphatic rings. The van der Waals surface area contributed by atoms with Crippen molar-refractivity contribution in [3.05, 3.63) is 5.82 Å². The molecule has 6 heteroatoms. The number of tetrazole rings is 1. The Bertz CT molecular complexity index is 324. The predicted octanol–water partition coefficient (Wildman–Crippen LogP) is 1.43. The average molecular weight is 226 g/mol. The van der Waals surface area contributed by atoms with Crippen molar-refractivity contribution in [2.75, 3.05) is 6.61 Å². The SMILES string of the molecule is CCCCCCn1nnnc1C(=O)OCC. The van der Waals surface area contributed by atoms with Gasteiger partial charge in [0.1, 0.15) is 0 Å². The summed E-state index contributed by atoms with van der Waals surface area (Å²) in [6, 6.07) is 0. The highest BCUT2D eigenvalue weighted by atomic mass is 16.5. The zero-order chi connectivity index (χ0) is 11.8. The minimum Gasteiger partial charge on any atom is -0.460 e. The van der Waals surface area contributed by atoms with Crippen molar-refractivity contribution in [1.29, 1.82) is 0 Å². The second-order valence-electron chi connectivity index (χ2n) is 3.51. The van der Waals surface area contributed by atoms with Crippen molar-refractivity contribution >= 4 is 5.97 Å². The summed E-state index contributed by atoms with van der Waals surface area (Å²) in [6.07, 6.45) is 4.47. The molecule has 0 saturated carbocycles. The predicted molar refractivity (Wildman–Crippen MR) is 57.9 cm³/mol. The number of aromatic nitrogens is 4. The van der Waals surface area contributed by atoms with E-state index in [2.05, 4.69) is 22.4 Å². The van der Waals surface area contributed by atoms with Crippen molar-refractivity contribution < 1.29 is 9.53 Å². The van der Waals surface area contributed by atoms with Crippen molar-refractivity contribution in [1.82, 2.24) is 20.2 Å². The lowest BCUT2D eigenvalue weighted by Crippen LogP contribution is -2.14. The first kappa shape index (κ1) is 12.6. The van der Waals surface area contributed by atoms with Gasteiger partial charge in [0, 0.05) is 6.54 Å². The molecule has 1 aromatic heterocycles. The summed E-state index contributed by atoms with van der Waals surface area (Å²) >= 11 is 0. The van der Waals surface area contributed by atoms with Crippen LogP contribution < -0.4 is 0 Å². The van der Waals surface area contributed by atoms with Crippen LogP contribution in [-0.4, -0.2) is 32.8 Å². The lowest BCUT2D eigenvalue weighted by atomic mass is 10.2. The Hall–Kier alpha value is -1.46. The monoisotopic (exact) mass is 226 g/mol. The van der Waals surface area contributed by atoms with Gasteiger partial charge in [0.05, 0.1) is 6.61 Å². The van der Waals surface area contributed by atoms with Gasteiger partial charge in [0.25, 0.3) is 5.82 Å². The number of rotatable bonds is 7. The Morgan fingerprint density at radius 2 is 2.12 bits per heavy atom. The minimum absolute atomic E-state index is 0.193. The van der Waals surface area contributed by atoms with E-state index in [1.807, 2.05) is 0 Å². The Kier molecular flexibility index (Phi) is 5.45. The lowest BCUT2D eigenvalue weighted by molar-refractivity contribution is 0.0504. The van der Waals surface area contributed by atoms with E-state index in [-0.39, 0.29) is 5.82 Å². The normalized spacial score (nSPS) is 10.4. The van der Waals surface area contributed by atoms with Crippen molar-refractivity contribution in [2.24, 2.45) is 0 Å². The number of aryl methyl sites for hydroxylation is 1. The third kappa shape index (κ3) is 3.60. The van der Waals surface area contributed by atoms with Crippen LogP contribution in [0.25, 0.3) is 0 Å². The number of hydrogen-bond donors (Lipinski definition) is 0. The van der Waals surface area contributed by atoms with Gasteiger partial charge >= 0.3 is 5.97 Å². The van der Waals surface area contributed by atoms with Crippen molar-refractivity contribution in [3.8, 4) is 0 Å². The highest BCUT2D eigenvalue weighted by molar-refractivity contribution is 5.85. The number of carbonyl (C=O) groups excluding carboxylic acids is 1. The molecular weight excluding hydrogens is 208 g/mol. The van der Waals surface area contributed by atoms with Crippen LogP contribution in [0.3, 0.4) is 0 Å². The Morgan fingerprint density at radius 1 is 1.31 bits per heavy atom. The van der Waals surface area contributed by atoms with Crippen molar-refractivity contribution in [3.63, 3.8) is 0 Å². The van der Waals surface area contributed by atoms with Crippen LogP contribution in [0.5, 0.6) is 0 Å². The zero-order valence-corrected chi connectivity index (χ0v) is 9.85. The first-order valence-electron chi connectivity index (χ1n) is 5.72. The average Bonchev–Trinajstić information content (AvgIpc) is 2.73. The first-order chi connectivity index (χ1) is 7.79. The molecule has 0 bridgehead atoms. The summed E-state index contributed by atoms with van der Waals surface area (Å²) in [4.78, 5) is 11.4. The van der Waals surface area contributed by atoms with Gasteiger partial charge < -0.3 is 4.74 Å². The number of hydrogen-bond acceptors (Lipinski definition) is 5. The highest BCUT2D eigenvalue weighted by Gasteiger charge is 2.15. The molecule has 0 aromatic carbocycles. The molecule has 1 heterocycles. The molecule has 0 aliphatic heterocycles. The fourth-order valence-electron chi connectivity index (χ4n) is 1.39. The van der Waals surface area contributed by atoms with Crippen LogP contribution in [0, 0.1) is 0 Å². The summed E-state index contributed by atoms with van der Waals surface area (Å²) < 4.78 is 6.36. The molecule has 0 radical (unpaired) electrons.